The van der Waals surface area contributed by atoms with Gasteiger partial charge in [-0.15, -0.1) is 0 Å². The summed E-state index contributed by atoms with van der Waals surface area (Å²) in [4.78, 5) is 8.12. The first-order valence-electron chi connectivity index (χ1n) is 5.23. The molecule has 0 saturated carbocycles. The van der Waals surface area contributed by atoms with Crippen molar-refractivity contribution in [2.45, 2.75) is 26.7 Å². The van der Waals surface area contributed by atoms with Crippen LogP contribution in [0.25, 0.3) is 5.82 Å². The Balaban J connectivity index is 2.46. The van der Waals surface area contributed by atoms with Crippen LogP contribution in [0, 0.1) is 6.92 Å². The minimum absolute atomic E-state index is 0.266. The van der Waals surface area contributed by atoms with Crippen molar-refractivity contribution >= 4 is 5.95 Å². The van der Waals surface area contributed by atoms with E-state index in [1.807, 2.05) is 19.2 Å². The predicted molar refractivity (Wildman–Crippen MR) is 62.4 cm³/mol. The van der Waals surface area contributed by atoms with Gasteiger partial charge in [0.2, 0.25) is 5.95 Å². The Kier molecular flexibility index (Phi) is 2.60. The van der Waals surface area contributed by atoms with E-state index >= 15 is 0 Å². The predicted octanol–water partition coefficient (Wildman–Crippen LogP) is 1.68. The summed E-state index contributed by atoms with van der Waals surface area (Å²) in [6.45, 7) is 6.15. The van der Waals surface area contributed by atoms with Crippen molar-refractivity contribution in [1.82, 2.24) is 19.7 Å². The van der Waals surface area contributed by atoms with Gasteiger partial charge in [0.05, 0.1) is 5.69 Å². The van der Waals surface area contributed by atoms with Gasteiger partial charge in [0.25, 0.3) is 0 Å². The first kappa shape index (κ1) is 10.6. The highest BCUT2D eigenvalue weighted by Crippen LogP contribution is 2.15. The Morgan fingerprint density at radius 1 is 1.38 bits per heavy atom. The molecule has 84 valence electrons. The number of anilines is 1. The SMILES string of the molecule is Cc1cnc(N)nc1-n1ccc(C(C)C)n1. The lowest BCUT2D eigenvalue weighted by molar-refractivity contribution is 0.753. The molecule has 0 unspecified atom stereocenters. The third-order valence-electron chi connectivity index (χ3n) is 2.38. The molecule has 0 aromatic carbocycles. The monoisotopic (exact) mass is 217 g/mol. The Labute approximate surface area is 94.3 Å². The standard InChI is InChI=1S/C11H15N5/c1-7(2)9-4-5-16(15-9)10-8(3)6-13-11(12)14-10/h4-7H,1-3H3,(H2,12,13,14). The molecule has 0 atom stereocenters. The van der Waals surface area contributed by atoms with E-state index in [4.69, 9.17) is 5.73 Å². The first-order chi connectivity index (χ1) is 7.58. The molecule has 0 amide bonds. The number of nitrogen functional groups attached to an aromatic ring is 1. The van der Waals surface area contributed by atoms with Gasteiger partial charge in [0.15, 0.2) is 5.82 Å². The highest BCUT2D eigenvalue weighted by molar-refractivity contribution is 5.35. The second-order valence-electron chi connectivity index (χ2n) is 4.07. The molecule has 5 nitrogen and oxygen atoms in total. The van der Waals surface area contributed by atoms with E-state index in [-0.39, 0.29) is 5.95 Å². The smallest absolute Gasteiger partial charge is 0.222 e. The Morgan fingerprint density at radius 3 is 2.75 bits per heavy atom. The fraction of sp³-hybridized carbons (Fsp3) is 0.364. The zero-order valence-electron chi connectivity index (χ0n) is 9.68. The summed E-state index contributed by atoms with van der Waals surface area (Å²) in [6.07, 6.45) is 3.60. The molecular weight excluding hydrogens is 202 g/mol. The van der Waals surface area contributed by atoms with Crippen LogP contribution >= 0.6 is 0 Å². The molecule has 2 aromatic heterocycles. The van der Waals surface area contributed by atoms with Crippen molar-refractivity contribution in [3.8, 4) is 5.82 Å². The van der Waals surface area contributed by atoms with Gasteiger partial charge in [-0.1, -0.05) is 13.8 Å². The molecule has 0 radical (unpaired) electrons. The van der Waals surface area contributed by atoms with Crippen molar-refractivity contribution in [3.63, 3.8) is 0 Å². The van der Waals surface area contributed by atoms with Crippen LogP contribution in [0.3, 0.4) is 0 Å². The quantitative estimate of drug-likeness (QED) is 0.830. The van der Waals surface area contributed by atoms with E-state index in [9.17, 15) is 0 Å². The largest absolute Gasteiger partial charge is 0.368 e. The molecule has 0 saturated heterocycles. The van der Waals surface area contributed by atoms with Crippen molar-refractivity contribution in [3.05, 3.63) is 29.7 Å². The third kappa shape index (κ3) is 1.88. The summed E-state index contributed by atoms with van der Waals surface area (Å²) < 4.78 is 1.74. The second kappa shape index (κ2) is 3.92. The zero-order valence-corrected chi connectivity index (χ0v) is 9.68. The molecule has 16 heavy (non-hydrogen) atoms. The van der Waals surface area contributed by atoms with Crippen LogP contribution in [0.2, 0.25) is 0 Å². The van der Waals surface area contributed by atoms with E-state index < -0.39 is 0 Å². The first-order valence-corrected chi connectivity index (χ1v) is 5.23. The Hall–Kier alpha value is -1.91. The van der Waals surface area contributed by atoms with Gasteiger partial charge in [-0.2, -0.15) is 10.1 Å². The van der Waals surface area contributed by atoms with Gasteiger partial charge in [-0.25, -0.2) is 9.67 Å². The highest BCUT2D eigenvalue weighted by atomic mass is 15.3. The van der Waals surface area contributed by atoms with Gasteiger partial charge in [0, 0.05) is 18.0 Å². The zero-order chi connectivity index (χ0) is 11.7. The van der Waals surface area contributed by atoms with Crippen LogP contribution < -0.4 is 5.73 Å². The Morgan fingerprint density at radius 2 is 2.12 bits per heavy atom. The van der Waals surface area contributed by atoms with Crippen molar-refractivity contribution in [2.75, 3.05) is 5.73 Å². The summed E-state index contributed by atoms with van der Waals surface area (Å²) in [7, 11) is 0. The number of aromatic nitrogens is 4. The molecule has 2 N–H and O–H groups in total. The van der Waals surface area contributed by atoms with Crippen LogP contribution in [0.1, 0.15) is 31.0 Å². The van der Waals surface area contributed by atoms with Crippen LogP contribution in [-0.2, 0) is 0 Å². The van der Waals surface area contributed by atoms with E-state index in [2.05, 4.69) is 28.9 Å². The maximum Gasteiger partial charge on any atom is 0.222 e. The number of nitrogens with zero attached hydrogens (tertiary/aromatic N) is 4. The lowest BCUT2D eigenvalue weighted by Gasteiger charge is -2.05. The van der Waals surface area contributed by atoms with E-state index in [1.54, 1.807) is 10.9 Å². The van der Waals surface area contributed by atoms with E-state index in [0.29, 0.717) is 5.92 Å². The van der Waals surface area contributed by atoms with Crippen LogP contribution in [-0.4, -0.2) is 19.7 Å². The van der Waals surface area contributed by atoms with Gasteiger partial charge >= 0.3 is 0 Å². The number of nitrogens with two attached hydrogens (primary N) is 1. The average molecular weight is 217 g/mol. The maximum atomic E-state index is 5.57. The molecule has 2 heterocycles. The Bertz CT molecular complexity index is 501. The molecule has 0 aliphatic heterocycles. The van der Waals surface area contributed by atoms with Crippen LogP contribution in [0.15, 0.2) is 18.5 Å². The van der Waals surface area contributed by atoms with Gasteiger partial charge in [0.1, 0.15) is 0 Å². The minimum Gasteiger partial charge on any atom is -0.368 e. The topological polar surface area (TPSA) is 69.6 Å². The lowest BCUT2D eigenvalue weighted by Crippen LogP contribution is -2.06. The number of hydrogen-bond donors (Lipinski definition) is 1. The van der Waals surface area contributed by atoms with Crippen molar-refractivity contribution in [2.24, 2.45) is 0 Å². The summed E-state index contributed by atoms with van der Waals surface area (Å²) in [5.41, 5.74) is 7.56. The van der Waals surface area contributed by atoms with Crippen molar-refractivity contribution < 1.29 is 0 Å². The molecule has 0 fully saturated rings. The lowest BCUT2D eigenvalue weighted by atomic mass is 10.1. The van der Waals surface area contributed by atoms with E-state index in [0.717, 1.165) is 17.1 Å². The van der Waals surface area contributed by atoms with E-state index in [1.165, 1.54) is 0 Å². The normalized spacial score (nSPS) is 11.0. The van der Waals surface area contributed by atoms with Crippen LogP contribution in [0.5, 0.6) is 0 Å². The number of rotatable bonds is 2. The fourth-order valence-corrected chi connectivity index (χ4v) is 1.44. The second-order valence-corrected chi connectivity index (χ2v) is 4.07. The molecular formula is C11H15N5. The molecule has 0 aliphatic carbocycles. The van der Waals surface area contributed by atoms with Gasteiger partial charge in [-0.05, 0) is 18.9 Å². The maximum absolute atomic E-state index is 5.57. The molecule has 0 bridgehead atoms. The molecule has 2 aromatic rings. The molecule has 5 heteroatoms. The van der Waals surface area contributed by atoms with Crippen LogP contribution in [0.4, 0.5) is 5.95 Å². The minimum atomic E-state index is 0.266. The van der Waals surface area contributed by atoms with Gasteiger partial charge < -0.3 is 5.73 Å². The molecule has 0 spiro atoms. The number of aryl methyl sites for hydroxylation is 1. The summed E-state index contributed by atoms with van der Waals surface area (Å²) in [5, 5.41) is 4.45. The van der Waals surface area contributed by atoms with Crippen molar-refractivity contribution in [1.29, 1.82) is 0 Å². The average Bonchev–Trinajstić information content (AvgIpc) is 2.70. The third-order valence-corrected chi connectivity index (χ3v) is 2.38. The molecule has 2 rings (SSSR count). The summed E-state index contributed by atoms with van der Waals surface area (Å²) in [6, 6.07) is 1.99. The van der Waals surface area contributed by atoms with Gasteiger partial charge in [-0.3, -0.25) is 0 Å². The molecule has 0 aliphatic rings. The fourth-order valence-electron chi connectivity index (χ4n) is 1.44. The summed E-state index contributed by atoms with van der Waals surface area (Å²) in [5.74, 6) is 1.40. The summed E-state index contributed by atoms with van der Waals surface area (Å²) >= 11 is 0. The highest BCUT2D eigenvalue weighted by Gasteiger charge is 2.08. The number of hydrogen-bond acceptors (Lipinski definition) is 4.